The average molecular weight is 341 g/mol. The number of hydrogen-bond acceptors (Lipinski definition) is 2. The monoisotopic (exact) mass is 339 g/mol. The Hall–Kier alpha value is -1.19. The molecule has 0 bridgehead atoms. The largest absolute Gasteiger partial charge is 0.495 e. The molecule has 0 aliphatic rings. The van der Waals surface area contributed by atoms with Crippen molar-refractivity contribution in [3.05, 3.63) is 57.0 Å². The van der Waals surface area contributed by atoms with Crippen molar-refractivity contribution in [2.75, 3.05) is 12.4 Å². The van der Waals surface area contributed by atoms with E-state index in [1.807, 2.05) is 18.2 Å². The van der Waals surface area contributed by atoms with Crippen LogP contribution < -0.4 is 10.1 Å². The molecule has 2 aromatic rings. The molecule has 0 aliphatic carbocycles. The van der Waals surface area contributed by atoms with E-state index in [2.05, 4.69) is 46.4 Å². The van der Waals surface area contributed by atoms with Crippen molar-refractivity contribution in [1.82, 2.24) is 0 Å². The van der Waals surface area contributed by atoms with E-state index in [0.717, 1.165) is 15.7 Å². The average Bonchev–Trinajstić information content (AvgIpc) is 2.38. The molecule has 4 heteroatoms. The minimum absolute atomic E-state index is 0.629. The Bertz CT molecular complexity index is 586. The van der Waals surface area contributed by atoms with Crippen LogP contribution >= 0.6 is 27.5 Å². The number of benzene rings is 2. The van der Waals surface area contributed by atoms with Gasteiger partial charge in [-0.25, -0.2) is 0 Å². The van der Waals surface area contributed by atoms with Gasteiger partial charge in [0.15, 0.2) is 0 Å². The highest BCUT2D eigenvalue weighted by Gasteiger charge is 2.03. The summed E-state index contributed by atoms with van der Waals surface area (Å²) in [4.78, 5) is 0. The quantitative estimate of drug-likeness (QED) is 0.842. The van der Waals surface area contributed by atoms with Gasteiger partial charge in [-0.1, -0.05) is 23.7 Å². The first kappa shape index (κ1) is 14.2. The number of ether oxygens (including phenoxy) is 1. The molecule has 0 heterocycles. The van der Waals surface area contributed by atoms with E-state index < -0.39 is 0 Å². The van der Waals surface area contributed by atoms with Gasteiger partial charge < -0.3 is 10.1 Å². The molecule has 0 aliphatic heterocycles. The van der Waals surface area contributed by atoms with Gasteiger partial charge in [-0.15, -0.1) is 0 Å². The Balaban J connectivity index is 2.08. The van der Waals surface area contributed by atoms with Gasteiger partial charge in [-0.2, -0.15) is 0 Å². The van der Waals surface area contributed by atoms with Gasteiger partial charge in [-0.05, 0) is 58.2 Å². The highest BCUT2D eigenvalue weighted by Crippen LogP contribution is 2.27. The van der Waals surface area contributed by atoms with E-state index >= 15 is 0 Å². The maximum atomic E-state index is 6.10. The summed E-state index contributed by atoms with van der Waals surface area (Å²) in [7, 11) is 1.61. The van der Waals surface area contributed by atoms with Crippen molar-refractivity contribution in [2.24, 2.45) is 0 Å². The molecule has 0 fully saturated rings. The summed E-state index contributed by atoms with van der Waals surface area (Å²) in [5.41, 5.74) is 3.40. The van der Waals surface area contributed by atoms with Crippen molar-refractivity contribution >= 4 is 33.2 Å². The number of hydrogen-bond donors (Lipinski definition) is 1. The van der Waals surface area contributed by atoms with Gasteiger partial charge in [0.2, 0.25) is 0 Å². The standard InChI is InChI=1S/C15H15BrClNO/c1-10-3-5-14(12(16)7-10)18-9-11-4-6-15(19-2)13(17)8-11/h3-8,18H,9H2,1-2H3. The fourth-order valence-electron chi connectivity index (χ4n) is 1.78. The highest BCUT2D eigenvalue weighted by atomic mass is 79.9. The van der Waals surface area contributed by atoms with Crippen LogP contribution in [-0.4, -0.2) is 7.11 Å². The molecule has 0 saturated carbocycles. The second-order valence-electron chi connectivity index (χ2n) is 4.31. The minimum Gasteiger partial charge on any atom is -0.495 e. The van der Waals surface area contributed by atoms with E-state index in [1.165, 1.54) is 5.56 Å². The summed E-state index contributed by atoms with van der Waals surface area (Å²) in [6.07, 6.45) is 0. The van der Waals surface area contributed by atoms with Crippen LogP contribution in [0.15, 0.2) is 40.9 Å². The van der Waals surface area contributed by atoms with E-state index in [-0.39, 0.29) is 0 Å². The van der Waals surface area contributed by atoms with Crippen LogP contribution in [0.3, 0.4) is 0 Å². The third-order valence-electron chi connectivity index (χ3n) is 2.82. The van der Waals surface area contributed by atoms with Gasteiger partial charge in [0.1, 0.15) is 5.75 Å². The second kappa shape index (κ2) is 6.31. The van der Waals surface area contributed by atoms with Gasteiger partial charge in [0.05, 0.1) is 12.1 Å². The lowest BCUT2D eigenvalue weighted by Gasteiger charge is -2.10. The Morgan fingerprint density at radius 2 is 2.00 bits per heavy atom. The number of rotatable bonds is 4. The molecule has 19 heavy (non-hydrogen) atoms. The van der Waals surface area contributed by atoms with Crippen LogP contribution in [0.5, 0.6) is 5.75 Å². The molecule has 0 atom stereocenters. The van der Waals surface area contributed by atoms with Gasteiger partial charge in [0.25, 0.3) is 0 Å². The molecule has 0 aromatic heterocycles. The molecule has 100 valence electrons. The minimum atomic E-state index is 0.629. The van der Waals surface area contributed by atoms with E-state index in [1.54, 1.807) is 7.11 Å². The molecule has 0 radical (unpaired) electrons. The maximum Gasteiger partial charge on any atom is 0.137 e. The first-order chi connectivity index (χ1) is 9.10. The fourth-order valence-corrected chi connectivity index (χ4v) is 2.69. The van der Waals surface area contributed by atoms with E-state index in [0.29, 0.717) is 17.3 Å². The Morgan fingerprint density at radius 3 is 2.63 bits per heavy atom. The third-order valence-corrected chi connectivity index (χ3v) is 3.78. The van der Waals surface area contributed by atoms with Gasteiger partial charge in [-0.3, -0.25) is 0 Å². The second-order valence-corrected chi connectivity index (χ2v) is 5.57. The van der Waals surface area contributed by atoms with Crippen LogP contribution in [0.4, 0.5) is 5.69 Å². The molecule has 1 N–H and O–H groups in total. The van der Waals surface area contributed by atoms with Crippen LogP contribution in [0.2, 0.25) is 5.02 Å². The summed E-state index contributed by atoms with van der Waals surface area (Å²) >= 11 is 9.65. The topological polar surface area (TPSA) is 21.3 Å². The molecular weight excluding hydrogens is 326 g/mol. The van der Waals surface area contributed by atoms with Gasteiger partial charge >= 0.3 is 0 Å². The Labute approximate surface area is 126 Å². The zero-order chi connectivity index (χ0) is 13.8. The molecule has 0 spiro atoms. The zero-order valence-electron chi connectivity index (χ0n) is 10.8. The molecule has 0 unspecified atom stereocenters. The Morgan fingerprint density at radius 1 is 1.21 bits per heavy atom. The van der Waals surface area contributed by atoms with E-state index in [4.69, 9.17) is 16.3 Å². The number of anilines is 1. The zero-order valence-corrected chi connectivity index (χ0v) is 13.2. The van der Waals surface area contributed by atoms with Crippen LogP contribution in [-0.2, 0) is 6.54 Å². The van der Waals surface area contributed by atoms with E-state index in [9.17, 15) is 0 Å². The number of nitrogens with one attached hydrogen (secondary N) is 1. The van der Waals surface area contributed by atoms with Crippen LogP contribution in [0.25, 0.3) is 0 Å². The lowest BCUT2D eigenvalue weighted by Crippen LogP contribution is -2.00. The lowest BCUT2D eigenvalue weighted by molar-refractivity contribution is 0.415. The molecule has 2 nitrogen and oxygen atoms in total. The van der Waals surface area contributed by atoms with Crippen molar-refractivity contribution in [1.29, 1.82) is 0 Å². The summed E-state index contributed by atoms with van der Waals surface area (Å²) in [6, 6.07) is 12.0. The SMILES string of the molecule is COc1ccc(CNc2ccc(C)cc2Br)cc1Cl. The highest BCUT2D eigenvalue weighted by molar-refractivity contribution is 9.10. The predicted molar refractivity (Wildman–Crippen MR) is 84.2 cm³/mol. The molecular formula is C15H15BrClNO. The lowest BCUT2D eigenvalue weighted by atomic mass is 10.2. The van der Waals surface area contributed by atoms with Crippen molar-refractivity contribution in [3.8, 4) is 5.75 Å². The van der Waals surface area contributed by atoms with Crippen molar-refractivity contribution < 1.29 is 4.74 Å². The van der Waals surface area contributed by atoms with Crippen LogP contribution in [0.1, 0.15) is 11.1 Å². The fraction of sp³-hybridized carbons (Fsp3) is 0.200. The molecule has 0 amide bonds. The maximum absolute atomic E-state index is 6.10. The summed E-state index contributed by atoms with van der Waals surface area (Å²) < 4.78 is 6.20. The first-order valence-electron chi connectivity index (χ1n) is 5.92. The first-order valence-corrected chi connectivity index (χ1v) is 7.09. The van der Waals surface area contributed by atoms with Crippen LogP contribution in [0, 0.1) is 6.92 Å². The van der Waals surface area contributed by atoms with Crippen molar-refractivity contribution in [3.63, 3.8) is 0 Å². The normalized spacial score (nSPS) is 10.3. The summed E-state index contributed by atoms with van der Waals surface area (Å²) in [6.45, 7) is 2.78. The third kappa shape index (κ3) is 3.64. The molecule has 2 rings (SSSR count). The smallest absolute Gasteiger partial charge is 0.137 e. The van der Waals surface area contributed by atoms with Gasteiger partial charge in [0, 0.05) is 16.7 Å². The Kier molecular flexibility index (Phi) is 4.72. The predicted octanol–water partition coefficient (Wildman–Crippen LogP) is 5.03. The molecule has 2 aromatic carbocycles. The number of aryl methyl sites for hydroxylation is 1. The van der Waals surface area contributed by atoms with Crippen molar-refractivity contribution in [2.45, 2.75) is 13.5 Å². The summed E-state index contributed by atoms with van der Waals surface area (Å²) in [5, 5.41) is 4.00. The summed E-state index contributed by atoms with van der Waals surface area (Å²) in [5.74, 6) is 0.696. The number of methoxy groups -OCH3 is 1. The molecule has 0 saturated heterocycles. The number of halogens is 2.